The Morgan fingerprint density at radius 2 is 2.62 bits per heavy atom. The molecule has 0 aromatic carbocycles. The van der Waals surface area contributed by atoms with Crippen molar-refractivity contribution in [3.05, 3.63) is 18.0 Å². The fourth-order valence-corrected chi connectivity index (χ4v) is 1.01. The summed E-state index contributed by atoms with van der Waals surface area (Å²) in [6.07, 6.45) is 2.32. The number of nitrogens with one attached hydrogen (secondary N) is 2. The van der Waals surface area contributed by atoms with E-state index in [1.165, 1.54) is 0 Å². The van der Waals surface area contributed by atoms with Gasteiger partial charge in [0.2, 0.25) is 0 Å². The molecule has 0 radical (unpaired) electrons. The number of nitrogens with zero attached hydrogens (tertiary/aromatic N) is 1. The zero-order valence-electron chi connectivity index (χ0n) is 7.58. The van der Waals surface area contributed by atoms with Gasteiger partial charge in [-0.15, -0.1) is 0 Å². The number of amides is 1. The van der Waals surface area contributed by atoms with Gasteiger partial charge in [0.05, 0.1) is 0 Å². The number of aromatic nitrogens is 2. The van der Waals surface area contributed by atoms with E-state index in [1.807, 2.05) is 6.92 Å². The first-order valence-electron chi connectivity index (χ1n) is 4.24. The van der Waals surface area contributed by atoms with Crippen molar-refractivity contribution in [2.45, 2.75) is 19.4 Å². The number of aromatic amines is 1. The minimum absolute atomic E-state index is 0.0980. The van der Waals surface area contributed by atoms with E-state index in [9.17, 15) is 4.79 Å². The molecular formula is C8H14N4O. The first kappa shape index (κ1) is 9.73. The Morgan fingerprint density at radius 1 is 1.85 bits per heavy atom. The highest BCUT2D eigenvalue weighted by molar-refractivity contribution is 5.92. The smallest absolute Gasteiger partial charge is 0.269 e. The summed E-state index contributed by atoms with van der Waals surface area (Å²) < 4.78 is 0. The van der Waals surface area contributed by atoms with Gasteiger partial charge < -0.3 is 11.1 Å². The first-order chi connectivity index (χ1) is 6.24. The van der Waals surface area contributed by atoms with Crippen molar-refractivity contribution in [1.29, 1.82) is 0 Å². The topological polar surface area (TPSA) is 83.8 Å². The zero-order chi connectivity index (χ0) is 9.68. The average molecular weight is 182 g/mol. The van der Waals surface area contributed by atoms with Gasteiger partial charge in [-0.25, -0.2) is 0 Å². The van der Waals surface area contributed by atoms with Gasteiger partial charge >= 0.3 is 0 Å². The van der Waals surface area contributed by atoms with Crippen molar-refractivity contribution in [1.82, 2.24) is 15.5 Å². The van der Waals surface area contributed by atoms with Gasteiger partial charge in [0.25, 0.3) is 5.91 Å². The highest BCUT2D eigenvalue weighted by atomic mass is 16.2. The lowest BCUT2D eigenvalue weighted by Crippen LogP contribution is -2.34. The Morgan fingerprint density at radius 3 is 3.15 bits per heavy atom. The van der Waals surface area contributed by atoms with E-state index in [0.717, 1.165) is 6.42 Å². The second kappa shape index (κ2) is 4.61. The fraction of sp³-hybridized carbons (Fsp3) is 0.500. The normalized spacial score (nSPS) is 12.5. The van der Waals surface area contributed by atoms with Crippen LogP contribution >= 0.6 is 0 Å². The molecule has 0 aliphatic heterocycles. The molecule has 0 fully saturated rings. The summed E-state index contributed by atoms with van der Waals surface area (Å²) >= 11 is 0. The summed E-state index contributed by atoms with van der Waals surface area (Å²) in [7, 11) is 0. The van der Waals surface area contributed by atoms with E-state index < -0.39 is 0 Å². The van der Waals surface area contributed by atoms with Crippen LogP contribution in [0.3, 0.4) is 0 Å². The summed E-state index contributed by atoms with van der Waals surface area (Å²) in [5, 5.41) is 9.07. The van der Waals surface area contributed by atoms with Gasteiger partial charge in [0.1, 0.15) is 5.69 Å². The molecule has 0 saturated carbocycles. The molecule has 1 rings (SSSR count). The second-order valence-electron chi connectivity index (χ2n) is 2.92. The van der Waals surface area contributed by atoms with Crippen LogP contribution in [0.2, 0.25) is 0 Å². The number of H-pyrrole nitrogens is 1. The molecule has 0 saturated heterocycles. The molecule has 1 aromatic rings. The lowest BCUT2D eigenvalue weighted by Gasteiger charge is -2.10. The van der Waals surface area contributed by atoms with Gasteiger partial charge in [-0.3, -0.25) is 9.89 Å². The van der Waals surface area contributed by atoms with Crippen LogP contribution in [0.25, 0.3) is 0 Å². The van der Waals surface area contributed by atoms with Crippen LogP contribution in [0.5, 0.6) is 0 Å². The van der Waals surface area contributed by atoms with Crippen molar-refractivity contribution in [2.24, 2.45) is 5.73 Å². The van der Waals surface area contributed by atoms with Crippen molar-refractivity contribution in [2.75, 3.05) is 6.54 Å². The SMILES string of the molecule is CC(CCN)NC(=O)c1ccn[nH]1. The molecule has 0 aliphatic rings. The van der Waals surface area contributed by atoms with Crippen molar-refractivity contribution >= 4 is 5.91 Å². The minimum Gasteiger partial charge on any atom is -0.348 e. The minimum atomic E-state index is -0.140. The van der Waals surface area contributed by atoms with Crippen LogP contribution in [0.1, 0.15) is 23.8 Å². The summed E-state index contributed by atoms with van der Waals surface area (Å²) in [5.41, 5.74) is 5.83. The molecule has 72 valence electrons. The Kier molecular flexibility index (Phi) is 3.45. The number of hydrogen-bond acceptors (Lipinski definition) is 3. The third-order valence-corrected chi connectivity index (χ3v) is 1.72. The van der Waals surface area contributed by atoms with Crippen LogP contribution in [-0.4, -0.2) is 28.7 Å². The zero-order valence-corrected chi connectivity index (χ0v) is 7.58. The maximum Gasteiger partial charge on any atom is 0.269 e. The highest BCUT2D eigenvalue weighted by Gasteiger charge is 2.09. The van der Waals surface area contributed by atoms with Crippen LogP contribution in [0.4, 0.5) is 0 Å². The molecule has 5 heteroatoms. The van der Waals surface area contributed by atoms with Gasteiger partial charge in [0, 0.05) is 12.2 Å². The Hall–Kier alpha value is -1.36. The number of nitrogens with two attached hydrogens (primary N) is 1. The molecule has 1 heterocycles. The molecule has 13 heavy (non-hydrogen) atoms. The van der Waals surface area contributed by atoms with E-state index in [4.69, 9.17) is 5.73 Å². The van der Waals surface area contributed by atoms with Crippen LogP contribution < -0.4 is 11.1 Å². The molecule has 1 unspecified atom stereocenters. The summed E-state index contributed by atoms with van der Waals surface area (Å²) in [5.74, 6) is -0.140. The van der Waals surface area contributed by atoms with Gasteiger partial charge in [-0.1, -0.05) is 0 Å². The fourth-order valence-electron chi connectivity index (χ4n) is 1.01. The Labute approximate surface area is 76.7 Å². The van der Waals surface area contributed by atoms with E-state index in [0.29, 0.717) is 12.2 Å². The molecule has 4 N–H and O–H groups in total. The first-order valence-corrected chi connectivity index (χ1v) is 4.24. The lowest BCUT2D eigenvalue weighted by molar-refractivity contribution is 0.0934. The number of carbonyl (C=O) groups excluding carboxylic acids is 1. The predicted molar refractivity (Wildman–Crippen MR) is 49.2 cm³/mol. The molecule has 1 atom stereocenters. The number of carbonyl (C=O) groups is 1. The molecule has 0 aliphatic carbocycles. The Bertz CT molecular complexity index is 257. The monoisotopic (exact) mass is 182 g/mol. The maximum absolute atomic E-state index is 11.4. The highest BCUT2D eigenvalue weighted by Crippen LogP contribution is 1.94. The average Bonchev–Trinajstić information content (AvgIpc) is 2.55. The molecule has 0 bridgehead atoms. The maximum atomic E-state index is 11.4. The third kappa shape index (κ3) is 2.87. The molecule has 1 aromatic heterocycles. The van der Waals surface area contributed by atoms with E-state index in [2.05, 4.69) is 15.5 Å². The number of hydrogen-bond donors (Lipinski definition) is 3. The molecule has 1 amide bonds. The predicted octanol–water partition coefficient (Wildman–Crippen LogP) is -0.123. The summed E-state index contributed by atoms with van der Waals surface area (Å²) in [6.45, 7) is 2.49. The van der Waals surface area contributed by atoms with E-state index in [1.54, 1.807) is 12.3 Å². The van der Waals surface area contributed by atoms with Gasteiger partial charge in [-0.05, 0) is 26.0 Å². The van der Waals surface area contributed by atoms with E-state index >= 15 is 0 Å². The van der Waals surface area contributed by atoms with Crippen LogP contribution in [-0.2, 0) is 0 Å². The molecule has 0 spiro atoms. The standard InChI is InChI=1S/C8H14N4O/c1-6(2-4-9)11-8(13)7-3-5-10-12-7/h3,5-6H,2,4,9H2,1H3,(H,10,12)(H,11,13). The second-order valence-corrected chi connectivity index (χ2v) is 2.92. The Balaban J connectivity index is 2.42. The van der Waals surface area contributed by atoms with E-state index in [-0.39, 0.29) is 11.9 Å². The van der Waals surface area contributed by atoms with Crippen molar-refractivity contribution < 1.29 is 4.79 Å². The quantitative estimate of drug-likeness (QED) is 0.606. The molecular weight excluding hydrogens is 168 g/mol. The van der Waals surface area contributed by atoms with Gasteiger partial charge in [-0.2, -0.15) is 5.10 Å². The van der Waals surface area contributed by atoms with Crippen LogP contribution in [0, 0.1) is 0 Å². The third-order valence-electron chi connectivity index (χ3n) is 1.72. The van der Waals surface area contributed by atoms with Crippen LogP contribution in [0.15, 0.2) is 12.3 Å². The summed E-state index contributed by atoms with van der Waals surface area (Å²) in [4.78, 5) is 11.4. The van der Waals surface area contributed by atoms with Gasteiger partial charge in [0.15, 0.2) is 0 Å². The molecule has 5 nitrogen and oxygen atoms in total. The largest absolute Gasteiger partial charge is 0.348 e. The van der Waals surface area contributed by atoms with Crippen molar-refractivity contribution in [3.63, 3.8) is 0 Å². The van der Waals surface area contributed by atoms with Crippen molar-refractivity contribution in [3.8, 4) is 0 Å². The number of rotatable bonds is 4. The summed E-state index contributed by atoms with van der Waals surface area (Å²) in [6, 6.07) is 1.73. The lowest BCUT2D eigenvalue weighted by atomic mass is 10.2.